The number of anilines is 1. The molecule has 1 heterocycles. The molecule has 0 aliphatic heterocycles. The molecule has 1 aromatic heterocycles. The smallest absolute Gasteiger partial charge is 0.278 e. The van der Waals surface area contributed by atoms with E-state index in [9.17, 15) is 8.42 Å². The molecule has 7 nitrogen and oxygen atoms in total. The van der Waals surface area contributed by atoms with Gasteiger partial charge in [-0.3, -0.25) is 4.72 Å². The van der Waals surface area contributed by atoms with Gasteiger partial charge in [0.05, 0.1) is 11.9 Å². The van der Waals surface area contributed by atoms with E-state index in [1.165, 1.54) is 6.20 Å². The van der Waals surface area contributed by atoms with Gasteiger partial charge < -0.3 is 15.5 Å². The van der Waals surface area contributed by atoms with Crippen LogP contribution >= 0.6 is 0 Å². The topological polar surface area (TPSA) is 110 Å². The second-order valence-electron chi connectivity index (χ2n) is 4.10. The van der Waals surface area contributed by atoms with Gasteiger partial charge in [-0.05, 0) is 19.1 Å². The Morgan fingerprint density at radius 2 is 2.25 bits per heavy atom. The van der Waals surface area contributed by atoms with E-state index in [0.29, 0.717) is 30.4 Å². The third kappa shape index (κ3) is 3.49. The Morgan fingerprint density at radius 3 is 2.90 bits per heavy atom. The van der Waals surface area contributed by atoms with E-state index < -0.39 is 10.0 Å². The van der Waals surface area contributed by atoms with Crippen molar-refractivity contribution in [2.24, 2.45) is 5.73 Å². The van der Waals surface area contributed by atoms with Crippen LogP contribution in [0.4, 0.5) is 5.69 Å². The first-order chi connectivity index (χ1) is 9.51. The van der Waals surface area contributed by atoms with Crippen LogP contribution in [0.25, 0.3) is 0 Å². The Balaban J connectivity index is 2.17. The Hall–Kier alpha value is -2.06. The molecular formula is C12H16N4O3S. The van der Waals surface area contributed by atoms with Crippen molar-refractivity contribution in [3.63, 3.8) is 0 Å². The molecular weight excluding hydrogens is 280 g/mol. The summed E-state index contributed by atoms with van der Waals surface area (Å²) < 4.78 is 32.0. The minimum absolute atomic E-state index is 0.0169. The van der Waals surface area contributed by atoms with Crippen LogP contribution in [0.5, 0.6) is 5.75 Å². The highest BCUT2D eigenvalue weighted by molar-refractivity contribution is 7.92. The summed E-state index contributed by atoms with van der Waals surface area (Å²) in [6.07, 6.45) is 1.27. The number of aromatic nitrogens is 2. The van der Waals surface area contributed by atoms with Crippen LogP contribution in [0.3, 0.4) is 0 Å². The first kappa shape index (κ1) is 14.4. The van der Waals surface area contributed by atoms with Crippen molar-refractivity contribution in [2.75, 3.05) is 17.9 Å². The second-order valence-corrected chi connectivity index (χ2v) is 5.75. The predicted octanol–water partition coefficient (Wildman–Crippen LogP) is 0.856. The molecule has 0 aliphatic carbocycles. The van der Waals surface area contributed by atoms with Crippen LogP contribution in [0, 0.1) is 6.92 Å². The highest BCUT2D eigenvalue weighted by Gasteiger charge is 2.16. The van der Waals surface area contributed by atoms with Gasteiger partial charge in [0, 0.05) is 12.6 Å². The molecule has 0 bridgehead atoms. The second kappa shape index (κ2) is 5.93. The summed E-state index contributed by atoms with van der Waals surface area (Å²) in [4.78, 5) is 6.55. The molecule has 0 amide bonds. The summed E-state index contributed by atoms with van der Waals surface area (Å²) in [5, 5.41) is 0.0169. The quantitative estimate of drug-likeness (QED) is 0.732. The van der Waals surface area contributed by atoms with Gasteiger partial charge >= 0.3 is 0 Å². The van der Waals surface area contributed by atoms with E-state index in [1.54, 1.807) is 31.2 Å². The number of nitrogens with zero attached hydrogens (tertiary/aromatic N) is 1. The van der Waals surface area contributed by atoms with Gasteiger partial charge in [-0.25, -0.2) is 4.98 Å². The minimum atomic E-state index is -3.68. The van der Waals surface area contributed by atoms with Crippen LogP contribution in [-0.4, -0.2) is 31.5 Å². The number of rotatable bonds is 6. The largest absolute Gasteiger partial charge is 0.492 e. The van der Waals surface area contributed by atoms with Crippen LogP contribution in [0.1, 0.15) is 5.82 Å². The monoisotopic (exact) mass is 296 g/mol. The summed E-state index contributed by atoms with van der Waals surface area (Å²) in [6.45, 7) is 2.44. The number of imidazole rings is 1. The van der Waals surface area contributed by atoms with E-state index in [1.807, 2.05) is 0 Å². The van der Waals surface area contributed by atoms with Crippen molar-refractivity contribution in [3.8, 4) is 5.75 Å². The maximum absolute atomic E-state index is 12.1. The van der Waals surface area contributed by atoms with Crippen LogP contribution in [-0.2, 0) is 10.0 Å². The lowest BCUT2D eigenvalue weighted by Crippen LogP contribution is -2.14. The van der Waals surface area contributed by atoms with Gasteiger partial charge in [-0.2, -0.15) is 8.42 Å². The van der Waals surface area contributed by atoms with E-state index >= 15 is 0 Å². The predicted molar refractivity (Wildman–Crippen MR) is 75.1 cm³/mol. The lowest BCUT2D eigenvalue weighted by Gasteiger charge is -2.09. The zero-order valence-corrected chi connectivity index (χ0v) is 11.8. The number of nitrogens with one attached hydrogen (secondary N) is 2. The van der Waals surface area contributed by atoms with Crippen molar-refractivity contribution in [3.05, 3.63) is 36.3 Å². The maximum atomic E-state index is 12.1. The Kier molecular flexibility index (Phi) is 4.26. The molecule has 20 heavy (non-hydrogen) atoms. The number of aromatic amines is 1. The molecule has 108 valence electrons. The Morgan fingerprint density at radius 1 is 1.45 bits per heavy atom. The SMILES string of the molecule is Cc1ncc(S(=O)(=O)Nc2cccc(OCCN)c2)[nH]1. The van der Waals surface area contributed by atoms with Crippen molar-refractivity contribution in [2.45, 2.75) is 11.9 Å². The standard InChI is InChI=1S/C12H16N4O3S/c1-9-14-8-12(15-9)20(17,18)16-10-3-2-4-11(7-10)19-6-5-13/h2-4,7-8,16H,5-6,13H2,1H3,(H,14,15). The van der Waals surface area contributed by atoms with Crippen molar-refractivity contribution in [1.82, 2.24) is 9.97 Å². The molecule has 0 spiro atoms. The molecule has 0 fully saturated rings. The minimum Gasteiger partial charge on any atom is -0.492 e. The molecule has 2 rings (SSSR count). The first-order valence-electron chi connectivity index (χ1n) is 5.98. The van der Waals surface area contributed by atoms with Gasteiger partial charge in [0.1, 0.15) is 18.2 Å². The van der Waals surface area contributed by atoms with Crippen molar-refractivity contribution >= 4 is 15.7 Å². The molecule has 0 radical (unpaired) electrons. The van der Waals surface area contributed by atoms with Gasteiger partial charge in [-0.15, -0.1) is 0 Å². The molecule has 1 aromatic carbocycles. The zero-order chi connectivity index (χ0) is 14.6. The number of benzene rings is 1. The Bertz CT molecular complexity index is 682. The molecule has 4 N–H and O–H groups in total. The molecule has 0 saturated carbocycles. The molecule has 2 aromatic rings. The molecule has 0 unspecified atom stereocenters. The van der Waals surface area contributed by atoms with Gasteiger partial charge in [0.25, 0.3) is 10.0 Å². The number of nitrogens with two attached hydrogens (primary N) is 1. The lowest BCUT2D eigenvalue weighted by molar-refractivity contribution is 0.328. The highest BCUT2D eigenvalue weighted by Crippen LogP contribution is 2.20. The molecule has 0 atom stereocenters. The first-order valence-corrected chi connectivity index (χ1v) is 7.47. The van der Waals surface area contributed by atoms with Crippen molar-refractivity contribution in [1.29, 1.82) is 0 Å². The lowest BCUT2D eigenvalue weighted by atomic mass is 10.3. The normalized spacial score (nSPS) is 11.3. The number of H-pyrrole nitrogens is 1. The van der Waals surface area contributed by atoms with Crippen LogP contribution in [0.2, 0.25) is 0 Å². The van der Waals surface area contributed by atoms with Crippen LogP contribution < -0.4 is 15.2 Å². The van der Waals surface area contributed by atoms with E-state index in [4.69, 9.17) is 10.5 Å². The number of aryl methyl sites for hydroxylation is 1. The number of sulfonamides is 1. The average Bonchev–Trinajstić information content (AvgIpc) is 2.84. The number of ether oxygens (including phenoxy) is 1. The fraction of sp³-hybridized carbons (Fsp3) is 0.250. The van der Waals surface area contributed by atoms with Gasteiger partial charge in [0.15, 0.2) is 5.03 Å². The summed E-state index contributed by atoms with van der Waals surface area (Å²) in [7, 11) is -3.68. The van der Waals surface area contributed by atoms with Crippen molar-refractivity contribution < 1.29 is 13.2 Å². The third-order valence-electron chi connectivity index (χ3n) is 2.44. The summed E-state index contributed by atoms with van der Waals surface area (Å²) in [5.41, 5.74) is 5.76. The number of hydrogen-bond acceptors (Lipinski definition) is 5. The fourth-order valence-corrected chi connectivity index (χ4v) is 2.59. The molecule has 0 saturated heterocycles. The number of hydrogen-bond donors (Lipinski definition) is 3. The van der Waals surface area contributed by atoms with Crippen LogP contribution in [0.15, 0.2) is 35.5 Å². The summed E-state index contributed by atoms with van der Waals surface area (Å²) >= 11 is 0. The zero-order valence-electron chi connectivity index (χ0n) is 11.0. The average molecular weight is 296 g/mol. The van der Waals surface area contributed by atoms with Gasteiger partial charge in [-0.1, -0.05) is 6.07 Å². The van der Waals surface area contributed by atoms with E-state index in [2.05, 4.69) is 14.7 Å². The highest BCUT2D eigenvalue weighted by atomic mass is 32.2. The van der Waals surface area contributed by atoms with Gasteiger partial charge in [0.2, 0.25) is 0 Å². The third-order valence-corrected chi connectivity index (χ3v) is 3.73. The van der Waals surface area contributed by atoms with E-state index in [-0.39, 0.29) is 5.03 Å². The summed E-state index contributed by atoms with van der Waals surface area (Å²) in [5.74, 6) is 1.09. The van der Waals surface area contributed by atoms with E-state index in [0.717, 1.165) is 0 Å². The maximum Gasteiger partial charge on any atom is 0.278 e. The molecule has 8 heteroatoms. The Labute approximate surface area is 117 Å². The fourth-order valence-electron chi connectivity index (χ4n) is 1.57. The summed E-state index contributed by atoms with van der Waals surface area (Å²) in [6, 6.07) is 6.65. The molecule has 0 aliphatic rings.